The molecular formula is C28H40O3. The topological polar surface area (TPSA) is 43.4 Å². The lowest BCUT2D eigenvalue weighted by Crippen LogP contribution is -2.50. The van der Waals surface area contributed by atoms with E-state index in [9.17, 15) is 9.59 Å². The predicted molar refractivity (Wildman–Crippen MR) is 124 cm³/mol. The second-order valence-corrected chi connectivity index (χ2v) is 11.3. The maximum absolute atomic E-state index is 12.0. The summed E-state index contributed by atoms with van der Waals surface area (Å²) in [5.74, 6) is 3.71. The number of rotatable bonds is 5. The van der Waals surface area contributed by atoms with Gasteiger partial charge in [0.2, 0.25) is 0 Å². The summed E-state index contributed by atoms with van der Waals surface area (Å²) in [6.07, 6.45) is 17.8. The lowest BCUT2D eigenvalue weighted by atomic mass is 9.47. The number of ether oxygens (including phenoxy) is 1. The zero-order chi connectivity index (χ0) is 22.4. The van der Waals surface area contributed by atoms with Crippen LogP contribution in [0.3, 0.4) is 0 Å². The van der Waals surface area contributed by atoms with Crippen LogP contribution in [-0.2, 0) is 14.3 Å². The van der Waals surface area contributed by atoms with Crippen molar-refractivity contribution < 1.29 is 14.3 Å². The number of carbonyl (C=O) groups is 2. The molecule has 0 aromatic rings. The molecule has 31 heavy (non-hydrogen) atoms. The highest BCUT2D eigenvalue weighted by atomic mass is 16.5. The van der Waals surface area contributed by atoms with Gasteiger partial charge in [-0.2, -0.15) is 0 Å². The third-order valence-corrected chi connectivity index (χ3v) is 9.90. The van der Waals surface area contributed by atoms with E-state index in [-0.39, 0.29) is 17.2 Å². The number of carbonyl (C=O) groups excluding carboxylic acids is 2. The number of hydrogen-bond donors (Lipinski definition) is 0. The normalized spacial score (nSPS) is 40.5. The van der Waals surface area contributed by atoms with Gasteiger partial charge in [0, 0.05) is 11.0 Å². The first-order chi connectivity index (χ1) is 14.7. The molecule has 0 heterocycles. The molecule has 3 fully saturated rings. The number of hydrogen-bond acceptors (Lipinski definition) is 3. The summed E-state index contributed by atoms with van der Waals surface area (Å²) in [5, 5.41) is 0. The van der Waals surface area contributed by atoms with Crippen LogP contribution in [0, 0.1) is 40.4 Å². The second-order valence-electron chi connectivity index (χ2n) is 11.3. The third-order valence-electron chi connectivity index (χ3n) is 9.90. The predicted octanol–water partition coefficient (Wildman–Crippen LogP) is 6.45. The maximum Gasteiger partial charge on any atom is 0.333 e. The van der Waals surface area contributed by atoms with Gasteiger partial charge in [-0.25, -0.2) is 4.79 Å². The highest BCUT2D eigenvalue weighted by Gasteiger charge is 2.58. The number of methoxy groups -OCH3 is 1. The molecule has 0 aromatic carbocycles. The summed E-state index contributed by atoms with van der Waals surface area (Å²) in [4.78, 5) is 23.6. The molecule has 0 spiro atoms. The summed E-state index contributed by atoms with van der Waals surface area (Å²) in [7, 11) is 1.45. The molecule has 0 aromatic heterocycles. The van der Waals surface area contributed by atoms with Crippen molar-refractivity contribution in [2.45, 2.75) is 79.1 Å². The fourth-order valence-electron chi connectivity index (χ4n) is 8.18. The fourth-order valence-corrected chi connectivity index (χ4v) is 8.18. The molecule has 0 amide bonds. The third kappa shape index (κ3) is 3.76. The van der Waals surface area contributed by atoms with Gasteiger partial charge in [-0.05, 0) is 105 Å². The molecule has 4 aliphatic rings. The average Bonchev–Trinajstić information content (AvgIpc) is 3.10. The lowest BCUT2D eigenvalue weighted by molar-refractivity contribution is -0.136. The number of allylic oxidation sites excluding steroid dienone is 5. The molecular weight excluding hydrogens is 384 g/mol. The van der Waals surface area contributed by atoms with Crippen molar-refractivity contribution in [1.82, 2.24) is 0 Å². The van der Waals surface area contributed by atoms with E-state index in [1.807, 2.05) is 19.1 Å². The van der Waals surface area contributed by atoms with Crippen molar-refractivity contribution >= 4 is 11.8 Å². The Morgan fingerprint density at radius 3 is 2.74 bits per heavy atom. The molecule has 3 heteroatoms. The van der Waals surface area contributed by atoms with Crippen LogP contribution in [0.5, 0.6) is 0 Å². The van der Waals surface area contributed by atoms with Crippen molar-refractivity contribution in [3.63, 3.8) is 0 Å². The molecule has 3 nitrogen and oxygen atoms in total. The van der Waals surface area contributed by atoms with Crippen LogP contribution < -0.4 is 0 Å². The quantitative estimate of drug-likeness (QED) is 0.376. The Labute approximate surface area is 188 Å². The van der Waals surface area contributed by atoms with Gasteiger partial charge in [-0.1, -0.05) is 38.5 Å². The van der Waals surface area contributed by atoms with Crippen LogP contribution in [0.4, 0.5) is 0 Å². The summed E-state index contributed by atoms with van der Waals surface area (Å²) >= 11 is 0. The van der Waals surface area contributed by atoms with Crippen LogP contribution in [0.25, 0.3) is 0 Å². The highest BCUT2D eigenvalue weighted by Crippen LogP contribution is 2.67. The maximum atomic E-state index is 12.0. The number of esters is 1. The fraction of sp³-hybridized carbons (Fsp3) is 0.714. The minimum Gasteiger partial charge on any atom is -0.466 e. The van der Waals surface area contributed by atoms with Crippen molar-refractivity contribution in [2.75, 3.05) is 7.11 Å². The van der Waals surface area contributed by atoms with E-state index in [0.29, 0.717) is 17.3 Å². The van der Waals surface area contributed by atoms with Crippen LogP contribution in [0.1, 0.15) is 79.1 Å². The van der Waals surface area contributed by atoms with Gasteiger partial charge < -0.3 is 4.74 Å². The molecule has 4 rings (SSSR count). The first kappa shape index (κ1) is 22.6. The monoisotopic (exact) mass is 424 g/mol. The molecule has 3 saturated carbocycles. The average molecular weight is 425 g/mol. The van der Waals surface area contributed by atoms with E-state index >= 15 is 0 Å². The van der Waals surface area contributed by atoms with Gasteiger partial charge in [0.15, 0.2) is 5.78 Å². The highest BCUT2D eigenvalue weighted by molar-refractivity contribution is 6.01. The molecule has 0 aliphatic heterocycles. The van der Waals surface area contributed by atoms with E-state index < -0.39 is 0 Å². The Bertz CT molecular complexity index is 833. The molecule has 0 radical (unpaired) electrons. The first-order valence-electron chi connectivity index (χ1n) is 12.4. The molecule has 0 saturated heterocycles. The van der Waals surface area contributed by atoms with Crippen molar-refractivity contribution in [2.24, 2.45) is 40.4 Å². The Morgan fingerprint density at radius 2 is 2.00 bits per heavy atom. The first-order valence-corrected chi connectivity index (χ1v) is 12.4. The smallest absolute Gasteiger partial charge is 0.333 e. The zero-order valence-corrected chi connectivity index (χ0v) is 20.1. The van der Waals surface area contributed by atoms with E-state index in [0.717, 1.165) is 42.6 Å². The molecule has 0 bridgehead atoms. The Morgan fingerprint density at radius 1 is 1.23 bits per heavy atom. The van der Waals surface area contributed by atoms with E-state index in [1.165, 1.54) is 44.8 Å². The summed E-state index contributed by atoms with van der Waals surface area (Å²) in [6, 6.07) is 0. The molecule has 4 aliphatic carbocycles. The lowest BCUT2D eigenvalue weighted by Gasteiger charge is -2.57. The van der Waals surface area contributed by atoms with E-state index in [4.69, 9.17) is 4.74 Å². The molecule has 0 unspecified atom stereocenters. The second kappa shape index (κ2) is 8.37. The van der Waals surface area contributed by atoms with Gasteiger partial charge in [0.05, 0.1) is 7.11 Å². The van der Waals surface area contributed by atoms with Crippen molar-refractivity contribution in [3.8, 4) is 0 Å². The molecule has 0 N–H and O–H groups in total. The minimum absolute atomic E-state index is 0.0953. The minimum atomic E-state index is -0.212. The van der Waals surface area contributed by atoms with Crippen LogP contribution in [-0.4, -0.2) is 18.9 Å². The molecule has 7 atom stereocenters. The van der Waals surface area contributed by atoms with Gasteiger partial charge in [-0.15, -0.1) is 0 Å². The summed E-state index contributed by atoms with van der Waals surface area (Å²) < 4.78 is 4.82. The van der Waals surface area contributed by atoms with Gasteiger partial charge in [-0.3, -0.25) is 4.79 Å². The standard InChI is InChI=1S/C28H40O3/c1-18(7-6-8-19(2)26(30)31-5)23-11-12-24-22-10-9-20-17-21(29)13-15-27(20,3)25(22)14-16-28(23,24)4/h8,13,15,17-18,22-25H,6-7,9-12,14,16H2,1-5H3/b19-8-/t18-,22+,23-,24+,25+,27+,28-/m1/s1. The largest absolute Gasteiger partial charge is 0.466 e. The van der Waals surface area contributed by atoms with Crippen molar-refractivity contribution in [3.05, 3.63) is 35.5 Å². The van der Waals surface area contributed by atoms with Crippen molar-refractivity contribution in [1.29, 1.82) is 0 Å². The number of fused-ring (bicyclic) bond motifs is 5. The van der Waals surface area contributed by atoms with Crippen LogP contribution >= 0.6 is 0 Å². The summed E-state index contributed by atoms with van der Waals surface area (Å²) in [6.45, 7) is 9.27. The zero-order valence-electron chi connectivity index (χ0n) is 20.1. The molecule has 170 valence electrons. The Hall–Kier alpha value is -1.64. The van der Waals surface area contributed by atoms with E-state index in [2.05, 4.69) is 32.9 Å². The SMILES string of the molecule is COC(=O)/C(C)=C\CC[C@@H](C)[C@H]1CC[C@H]2[C@@H]3CCC4=CC(=O)C=C[C@]4(C)[C@H]3CC[C@]12C. The Balaban J connectivity index is 1.46. The van der Waals surface area contributed by atoms with Crippen LogP contribution in [0.15, 0.2) is 35.5 Å². The van der Waals surface area contributed by atoms with Gasteiger partial charge in [0.1, 0.15) is 0 Å². The van der Waals surface area contributed by atoms with Crippen LogP contribution in [0.2, 0.25) is 0 Å². The Kier molecular flexibility index (Phi) is 6.09. The van der Waals surface area contributed by atoms with Gasteiger partial charge >= 0.3 is 5.97 Å². The van der Waals surface area contributed by atoms with E-state index in [1.54, 1.807) is 0 Å². The number of ketones is 1. The summed E-state index contributed by atoms with van der Waals surface area (Å²) in [5.41, 5.74) is 2.65. The van der Waals surface area contributed by atoms with Gasteiger partial charge in [0.25, 0.3) is 0 Å².